The highest BCUT2D eigenvalue weighted by atomic mass is 15.3. The summed E-state index contributed by atoms with van der Waals surface area (Å²) in [5, 5.41) is 11.1. The van der Waals surface area contributed by atoms with Gasteiger partial charge in [-0.2, -0.15) is 5.10 Å². The van der Waals surface area contributed by atoms with Gasteiger partial charge in [-0.3, -0.25) is 9.67 Å². The Labute approximate surface area is 122 Å². The molecule has 0 saturated carbocycles. The fourth-order valence-electron chi connectivity index (χ4n) is 2.10. The van der Waals surface area contributed by atoms with Gasteiger partial charge >= 0.3 is 0 Å². The number of guanidine groups is 1. The molecule has 0 aliphatic carbocycles. The van der Waals surface area contributed by atoms with E-state index >= 15 is 0 Å². The van der Waals surface area contributed by atoms with Gasteiger partial charge in [-0.15, -0.1) is 0 Å². The Morgan fingerprint density at radius 1 is 1.30 bits per heavy atom. The summed E-state index contributed by atoms with van der Waals surface area (Å²) in [6, 6.07) is 0. The molecule has 0 unspecified atom stereocenters. The van der Waals surface area contributed by atoms with Gasteiger partial charge < -0.3 is 10.6 Å². The lowest BCUT2D eigenvalue weighted by Gasteiger charge is -2.12. The second kappa shape index (κ2) is 7.92. The lowest BCUT2D eigenvalue weighted by atomic mass is 10.1. The fourth-order valence-corrected chi connectivity index (χ4v) is 2.10. The maximum atomic E-state index is 4.57. The van der Waals surface area contributed by atoms with Crippen molar-refractivity contribution in [2.75, 3.05) is 19.6 Å². The molecule has 0 aliphatic rings. The maximum Gasteiger partial charge on any atom is 0.191 e. The Hall–Kier alpha value is -1.52. The summed E-state index contributed by atoms with van der Waals surface area (Å²) in [5.74, 6) is 1.48. The average Bonchev–Trinajstić information content (AvgIpc) is 2.62. The van der Waals surface area contributed by atoms with Crippen LogP contribution in [-0.2, 0) is 13.5 Å². The van der Waals surface area contributed by atoms with E-state index in [9.17, 15) is 0 Å². The van der Waals surface area contributed by atoms with Crippen LogP contribution in [-0.4, -0.2) is 35.4 Å². The predicted octanol–water partition coefficient (Wildman–Crippen LogP) is 1.79. The predicted molar refractivity (Wildman–Crippen MR) is 85.2 cm³/mol. The number of aryl methyl sites for hydroxylation is 2. The van der Waals surface area contributed by atoms with E-state index in [1.165, 1.54) is 11.3 Å². The first-order valence-corrected chi connectivity index (χ1v) is 7.46. The summed E-state index contributed by atoms with van der Waals surface area (Å²) < 4.78 is 1.95. The molecule has 0 bridgehead atoms. The van der Waals surface area contributed by atoms with E-state index in [1.54, 1.807) is 0 Å². The molecule has 0 fully saturated rings. The lowest BCUT2D eigenvalue weighted by Crippen LogP contribution is -2.38. The maximum absolute atomic E-state index is 4.57. The Kier molecular flexibility index (Phi) is 6.55. The minimum Gasteiger partial charge on any atom is -0.357 e. The molecule has 1 aromatic heterocycles. The Balaban J connectivity index is 2.53. The average molecular weight is 279 g/mol. The number of aliphatic imine (C=N–C) groups is 1. The molecule has 20 heavy (non-hydrogen) atoms. The van der Waals surface area contributed by atoms with Crippen LogP contribution >= 0.6 is 0 Å². The van der Waals surface area contributed by atoms with E-state index < -0.39 is 0 Å². The van der Waals surface area contributed by atoms with Gasteiger partial charge in [0.25, 0.3) is 0 Å². The Morgan fingerprint density at radius 2 is 2.00 bits per heavy atom. The van der Waals surface area contributed by atoms with Crippen LogP contribution in [0.5, 0.6) is 0 Å². The van der Waals surface area contributed by atoms with Gasteiger partial charge in [-0.1, -0.05) is 13.8 Å². The third kappa shape index (κ3) is 4.87. The van der Waals surface area contributed by atoms with Gasteiger partial charge in [-0.05, 0) is 38.7 Å². The molecule has 0 spiro atoms. The fraction of sp³-hybridized carbons (Fsp3) is 0.733. The van der Waals surface area contributed by atoms with Crippen LogP contribution in [0.3, 0.4) is 0 Å². The topological polar surface area (TPSA) is 54.2 Å². The van der Waals surface area contributed by atoms with Crippen molar-refractivity contribution in [3.8, 4) is 0 Å². The number of nitrogens with zero attached hydrogens (tertiary/aromatic N) is 3. The highest BCUT2D eigenvalue weighted by Gasteiger charge is 2.09. The number of rotatable bonds is 6. The number of hydrogen-bond acceptors (Lipinski definition) is 2. The zero-order valence-corrected chi connectivity index (χ0v) is 13.7. The van der Waals surface area contributed by atoms with Crippen LogP contribution in [0.15, 0.2) is 4.99 Å². The standard InChI is InChI=1S/C15H29N5/c1-7-16-15(18-10-11(2)3)17-9-8-14-12(4)19-20(6)13(14)5/h11H,7-10H2,1-6H3,(H2,16,17,18). The van der Waals surface area contributed by atoms with E-state index in [0.29, 0.717) is 5.92 Å². The molecular weight excluding hydrogens is 250 g/mol. The molecule has 114 valence electrons. The quantitative estimate of drug-likeness (QED) is 0.616. The summed E-state index contributed by atoms with van der Waals surface area (Å²) in [6.45, 7) is 13.2. The summed E-state index contributed by atoms with van der Waals surface area (Å²) in [6.07, 6.45) is 0.970. The first-order chi connectivity index (χ1) is 9.45. The van der Waals surface area contributed by atoms with Gasteiger partial charge in [0.15, 0.2) is 5.96 Å². The van der Waals surface area contributed by atoms with Crippen LogP contribution in [0.4, 0.5) is 0 Å². The molecule has 0 aromatic carbocycles. The van der Waals surface area contributed by atoms with Gasteiger partial charge in [0.2, 0.25) is 0 Å². The molecule has 5 nitrogen and oxygen atoms in total. The summed E-state index contributed by atoms with van der Waals surface area (Å²) in [7, 11) is 1.99. The van der Waals surface area contributed by atoms with E-state index in [1.807, 2.05) is 11.7 Å². The zero-order chi connectivity index (χ0) is 15.1. The third-order valence-corrected chi connectivity index (χ3v) is 3.29. The molecule has 1 rings (SSSR count). The van der Waals surface area contributed by atoms with Crippen molar-refractivity contribution in [3.05, 3.63) is 17.0 Å². The highest BCUT2D eigenvalue weighted by Crippen LogP contribution is 2.11. The first kappa shape index (κ1) is 16.5. The van der Waals surface area contributed by atoms with E-state index in [4.69, 9.17) is 0 Å². The molecule has 1 heterocycles. The molecule has 2 N–H and O–H groups in total. The molecule has 0 saturated heterocycles. The van der Waals surface area contributed by atoms with Gasteiger partial charge in [-0.25, -0.2) is 0 Å². The van der Waals surface area contributed by atoms with E-state index in [-0.39, 0.29) is 0 Å². The summed E-state index contributed by atoms with van der Waals surface area (Å²) in [5.41, 5.74) is 3.70. The van der Waals surface area contributed by atoms with Crippen LogP contribution in [0.2, 0.25) is 0 Å². The van der Waals surface area contributed by atoms with Crippen molar-refractivity contribution in [1.82, 2.24) is 20.4 Å². The van der Waals surface area contributed by atoms with Crippen molar-refractivity contribution >= 4 is 5.96 Å². The molecule has 5 heteroatoms. The molecule has 0 aliphatic heterocycles. The Morgan fingerprint density at radius 3 is 2.50 bits per heavy atom. The van der Waals surface area contributed by atoms with E-state index in [2.05, 4.69) is 55.3 Å². The third-order valence-electron chi connectivity index (χ3n) is 3.29. The summed E-state index contributed by atoms with van der Waals surface area (Å²) in [4.78, 5) is 4.57. The monoisotopic (exact) mass is 279 g/mol. The van der Waals surface area contributed by atoms with Crippen LogP contribution < -0.4 is 10.6 Å². The second-order valence-electron chi connectivity index (χ2n) is 5.56. The van der Waals surface area contributed by atoms with Gasteiger partial charge in [0.1, 0.15) is 0 Å². The zero-order valence-electron chi connectivity index (χ0n) is 13.7. The number of aromatic nitrogens is 2. The van der Waals surface area contributed by atoms with Crippen LogP contribution in [0.1, 0.15) is 37.7 Å². The molecule has 0 atom stereocenters. The number of hydrogen-bond donors (Lipinski definition) is 2. The smallest absolute Gasteiger partial charge is 0.191 e. The van der Waals surface area contributed by atoms with Crippen LogP contribution in [0, 0.1) is 19.8 Å². The summed E-state index contributed by atoms with van der Waals surface area (Å²) >= 11 is 0. The number of nitrogens with one attached hydrogen (secondary N) is 2. The minimum absolute atomic E-state index is 0.577. The van der Waals surface area contributed by atoms with Crippen molar-refractivity contribution in [2.24, 2.45) is 18.0 Å². The van der Waals surface area contributed by atoms with Crippen molar-refractivity contribution in [3.63, 3.8) is 0 Å². The van der Waals surface area contributed by atoms with E-state index in [0.717, 1.165) is 37.7 Å². The first-order valence-electron chi connectivity index (χ1n) is 7.46. The minimum atomic E-state index is 0.577. The van der Waals surface area contributed by atoms with Gasteiger partial charge in [0.05, 0.1) is 5.69 Å². The normalized spacial score (nSPS) is 12.1. The molecule has 0 amide bonds. The second-order valence-corrected chi connectivity index (χ2v) is 5.56. The van der Waals surface area contributed by atoms with Crippen molar-refractivity contribution in [1.29, 1.82) is 0 Å². The van der Waals surface area contributed by atoms with Crippen LogP contribution in [0.25, 0.3) is 0 Å². The Bertz CT molecular complexity index is 445. The van der Waals surface area contributed by atoms with Crippen molar-refractivity contribution < 1.29 is 0 Å². The van der Waals surface area contributed by atoms with Gasteiger partial charge in [0, 0.05) is 32.4 Å². The SMILES string of the molecule is CCNC(=NCC(C)C)NCCc1c(C)nn(C)c1C. The highest BCUT2D eigenvalue weighted by molar-refractivity contribution is 5.79. The lowest BCUT2D eigenvalue weighted by molar-refractivity contribution is 0.656. The molecular formula is C15H29N5. The van der Waals surface area contributed by atoms with Crippen molar-refractivity contribution in [2.45, 2.75) is 41.0 Å². The largest absolute Gasteiger partial charge is 0.357 e. The molecule has 1 aromatic rings. The molecule has 0 radical (unpaired) electrons.